The Morgan fingerprint density at radius 3 is 1.56 bits per heavy atom. The minimum atomic E-state index is 0.122. The molecule has 0 unspecified atom stereocenters. The zero-order chi connectivity index (χ0) is 13.8. The van der Waals surface area contributed by atoms with Gasteiger partial charge in [0.25, 0.3) is 5.56 Å². The van der Waals surface area contributed by atoms with Gasteiger partial charge in [-0.3, -0.25) is 9.20 Å². The minimum absolute atomic E-state index is 0.122. The molecule has 0 amide bonds. The van der Waals surface area contributed by atoms with E-state index in [1.54, 1.807) is 0 Å². The minimum Gasteiger partial charge on any atom is -0.281 e. The van der Waals surface area contributed by atoms with E-state index in [1.807, 2.05) is 25.2 Å². The van der Waals surface area contributed by atoms with Gasteiger partial charge in [-0.2, -0.15) is 0 Å². The molecule has 2 rings (SSSR count). The molecule has 96 valence electrons. The van der Waals surface area contributed by atoms with Crippen LogP contribution in [0.15, 0.2) is 4.79 Å². The summed E-state index contributed by atoms with van der Waals surface area (Å²) in [6, 6.07) is 0. The van der Waals surface area contributed by atoms with Gasteiger partial charge in [0.05, 0.1) is 5.52 Å². The van der Waals surface area contributed by atoms with Gasteiger partial charge < -0.3 is 0 Å². The number of aromatic nitrogens is 1. The number of hydrogen-bond acceptors (Lipinski definition) is 1. The van der Waals surface area contributed by atoms with Crippen LogP contribution in [0.1, 0.15) is 39.1 Å². The Morgan fingerprint density at radius 1 is 0.611 bits per heavy atom. The van der Waals surface area contributed by atoms with Crippen LogP contribution in [0.4, 0.5) is 0 Å². The predicted octanol–water partition coefficient (Wildman–Crippen LogP) is 3.46. The molecule has 0 aliphatic rings. The summed E-state index contributed by atoms with van der Waals surface area (Å²) in [5.41, 5.74) is 9.18. The Hall–Kier alpha value is -1.57. The molecule has 0 aliphatic heterocycles. The van der Waals surface area contributed by atoms with Crippen LogP contribution < -0.4 is 5.56 Å². The Morgan fingerprint density at radius 2 is 1.06 bits per heavy atom. The van der Waals surface area contributed by atoms with Gasteiger partial charge in [0, 0.05) is 11.3 Å². The first-order valence-corrected chi connectivity index (χ1v) is 6.37. The fourth-order valence-electron chi connectivity index (χ4n) is 2.72. The molecule has 2 nitrogen and oxygen atoms in total. The molecule has 0 radical (unpaired) electrons. The van der Waals surface area contributed by atoms with Gasteiger partial charge in [-0.1, -0.05) is 0 Å². The van der Waals surface area contributed by atoms with Gasteiger partial charge in [-0.15, -0.1) is 0 Å². The van der Waals surface area contributed by atoms with Crippen molar-refractivity contribution in [3.63, 3.8) is 0 Å². The largest absolute Gasteiger partial charge is 0.281 e. The van der Waals surface area contributed by atoms with Gasteiger partial charge >= 0.3 is 0 Å². The van der Waals surface area contributed by atoms with E-state index in [4.69, 9.17) is 0 Å². The van der Waals surface area contributed by atoms with Crippen LogP contribution in [-0.2, 0) is 0 Å². The summed E-state index contributed by atoms with van der Waals surface area (Å²) in [7, 11) is 0. The molecule has 2 aromatic rings. The third-order valence-corrected chi connectivity index (χ3v) is 4.59. The Labute approximate surface area is 108 Å². The smallest absolute Gasteiger partial charge is 0.258 e. The summed E-state index contributed by atoms with van der Waals surface area (Å²) in [5, 5.41) is 0. The molecule has 2 heterocycles. The molecule has 2 heteroatoms. The van der Waals surface area contributed by atoms with Crippen molar-refractivity contribution < 1.29 is 0 Å². The molecule has 0 N–H and O–H groups in total. The second kappa shape index (κ2) is 3.98. The second-order valence-corrected chi connectivity index (χ2v) is 5.32. The third kappa shape index (κ3) is 1.45. The fourth-order valence-corrected chi connectivity index (χ4v) is 2.72. The molecule has 0 bridgehead atoms. The normalized spacial score (nSPS) is 11.3. The topological polar surface area (TPSA) is 21.5 Å². The number of nitrogens with zero attached hydrogens (tertiary/aromatic N) is 1. The molecular formula is C16H21NO. The van der Waals surface area contributed by atoms with E-state index in [0.717, 1.165) is 22.3 Å². The van der Waals surface area contributed by atoms with Crippen LogP contribution in [0.25, 0.3) is 5.52 Å². The highest BCUT2D eigenvalue weighted by Crippen LogP contribution is 2.25. The maximum Gasteiger partial charge on any atom is 0.258 e. The first-order valence-electron chi connectivity index (χ1n) is 6.37. The SMILES string of the molecule is Cc1c(C)c(C)n2c(=O)c(C)c(C)c(C)c2c1C. The lowest BCUT2D eigenvalue weighted by atomic mass is 9.96. The lowest BCUT2D eigenvalue weighted by molar-refractivity contribution is 0.950. The molecule has 0 saturated heterocycles. The molecule has 18 heavy (non-hydrogen) atoms. The van der Waals surface area contributed by atoms with Crippen molar-refractivity contribution in [1.82, 2.24) is 4.40 Å². The molecule has 0 aromatic carbocycles. The first-order chi connectivity index (χ1) is 8.29. The predicted molar refractivity (Wildman–Crippen MR) is 76.8 cm³/mol. The van der Waals surface area contributed by atoms with Gasteiger partial charge in [0.2, 0.25) is 0 Å². The number of rotatable bonds is 0. The number of hydrogen-bond donors (Lipinski definition) is 0. The van der Waals surface area contributed by atoms with Crippen molar-refractivity contribution in [2.75, 3.05) is 0 Å². The van der Waals surface area contributed by atoms with Crippen molar-refractivity contribution in [2.24, 2.45) is 0 Å². The van der Waals surface area contributed by atoms with Crippen LogP contribution in [0.2, 0.25) is 0 Å². The van der Waals surface area contributed by atoms with Crippen LogP contribution in [0, 0.1) is 48.5 Å². The highest BCUT2D eigenvalue weighted by molar-refractivity contribution is 5.67. The monoisotopic (exact) mass is 243 g/mol. The molecule has 0 aliphatic carbocycles. The second-order valence-electron chi connectivity index (χ2n) is 5.32. The standard InChI is InChI=1S/C16H21NO/c1-8-10(3)14(7)17-15(11(8)4)12(5)9(2)13(6)16(17)18/h1-7H3. The van der Waals surface area contributed by atoms with E-state index in [9.17, 15) is 4.79 Å². The molecular weight excluding hydrogens is 222 g/mol. The summed E-state index contributed by atoms with van der Waals surface area (Å²) in [5.74, 6) is 0. The van der Waals surface area contributed by atoms with Crippen LogP contribution in [0.5, 0.6) is 0 Å². The fraction of sp³-hybridized carbons (Fsp3) is 0.438. The summed E-state index contributed by atoms with van der Waals surface area (Å²) in [6.45, 7) is 14.4. The number of aryl methyl sites for hydroxylation is 3. The van der Waals surface area contributed by atoms with Crippen molar-refractivity contribution in [1.29, 1.82) is 0 Å². The molecule has 0 saturated carbocycles. The first kappa shape index (κ1) is 12.9. The highest BCUT2D eigenvalue weighted by atomic mass is 16.1. The molecule has 2 aromatic heterocycles. The van der Waals surface area contributed by atoms with E-state index < -0.39 is 0 Å². The van der Waals surface area contributed by atoms with Crippen LogP contribution in [-0.4, -0.2) is 4.40 Å². The molecule has 0 atom stereocenters. The Balaban J connectivity index is 3.28. The van der Waals surface area contributed by atoms with Crippen LogP contribution >= 0.6 is 0 Å². The quantitative estimate of drug-likeness (QED) is 0.694. The summed E-state index contributed by atoms with van der Waals surface area (Å²) in [6.07, 6.45) is 0. The van der Waals surface area contributed by atoms with Gasteiger partial charge in [0.15, 0.2) is 0 Å². The lowest BCUT2D eigenvalue weighted by Crippen LogP contribution is -2.23. The van der Waals surface area contributed by atoms with E-state index in [2.05, 4.69) is 27.7 Å². The van der Waals surface area contributed by atoms with Crippen molar-refractivity contribution in [2.45, 2.75) is 48.5 Å². The highest BCUT2D eigenvalue weighted by Gasteiger charge is 2.15. The van der Waals surface area contributed by atoms with Crippen molar-refractivity contribution in [3.05, 3.63) is 49.4 Å². The van der Waals surface area contributed by atoms with Gasteiger partial charge in [-0.25, -0.2) is 0 Å². The van der Waals surface area contributed by atoms with Gasteiger partial charge in [-0.05, 0) is 76.3 Å². The number of pyridine rings is 2. The number of fused-ring (bicyclic) bond motifs is 1. The van der Waals surface area contributed by atoms with E-state index >= 15 is 0 Å². The zero-order valence-electron chi connectivity index (χ0n) is 12.4. The molecule has 0 fully saturated rings. The van der Waals surface area contributed by atoms with E-state index in [0.29, 0.717) is 0 Å². The third-order valence-electron chi connectivity index (χ3n) is 4.59. The van der Waals surface area contributed by atoms with Gasteiger partial charge in [0.1, 0.15) is 0 Å². The maximum absolute atomic E-state index is 12.5. The zero-order valence-corrected chi connectivity index (χ0v) is 12.4. The summed E-state index contributed by atoms with van der Waals surface area (Å²) >= 11 is 0. The Bertz CT molecular complexity index is 712. The van der Waals surface area contributed by atoms with Crippen molar-refractivity contribution in [3.8, 4) is 0 Å². The summed E-state index contributed by atoms with van der Waals surface area (Å²) < 4.78 is 1.88. The van der Waals surface area contributed by atoms with Crippen LogP contribution in [0.3, 0.4) is 0 Å². The van der Waals surface area contributed by atoms with E-state index in [1.165, 1.54) is 22.3 Å². The summed E-state index contributed by atoms with van der Waals surface area (Å²) in [4.78, 5) is 12.5. The average Bonchev–Trinajstić information content (AvgIpc) is 2.35. The molecule has 0 spiro atoms. The maximum atomic E-state index is 12.5. The average molecular weight is 243 g/mol. The van der Waals surface area contributed by atoms with Crippen molar-refractivity contribution >= 4 is 5.52 Å². The van der Waals surface area contributed by atoms with E-state index in [-0.39, 0.29) is 5.56 Å². The Kier molecular flexibility index (Phi) is 2.84. The lowest BCUT2D eigenvalue weighted by Gasteiger charge is -2.19.